The second kappa shape index (κ2) is 9.41. The van der Waals surface area contributed by atoms with Gasteiger partial charge in [0.1, 0.15) is 22.9 Å². The summed E-state index contributed by atoms with van der Waals surface area (Å²) in [5.41, 5.74) is 6.78. The van der Waals surface area contributed by atoms with Gasteiger partial charge >= 0.3 is 0 Å². The molecule has 1 heterocycles. The molecule has 1 aromatic carbocycles. The molecule has 1 fully saturated rings. The van der Waals surface area contributed by atoms with Crippen LogP contribution >= 0.6 is 15.9 Å². The van der Waals surface area contributed by atoms with Crippen LogP contribution in [0.4, 0.5) is 8.78 Å². The summed E-state index contributed by atoms with van der Waals surface area (Å²) in [5.74, 6) is 4.46. The van der Waals surface area contributed by atoms with E-state index in [1.54, 1.807) is 12.1 Å². The minimum absolute atomic E-state index is 0.237. The van der Waals surface area contributed by atoms with Gasteiger partial charge in [-0.2, -0.15) is 0 Å². The van der Waals surface area contributed by atoms with Gasteiger partial charge in [0.05, 0.1) is 11.7 Å². The third-order valence-electron chi connectivity index (χ3n) is 4.21. The van der Waals surface area contributed by atoms with Crippen molar-refractivity contribution >= 4 is 15.9 Å². The first-order valence-electron chi connectivity index (χ1n) is 8.97. The Morgan fingerprint density at radius 2 is 1.85 bits per heavy atom. The fourth-order valence-electron chi connectivity index (χ4n) is 2.68. The molecule has 1 atom stereocenters. The lowest BCUT2D eigenvalue weighted by Gasteiger charge is -2.30. The Bertz CT molecular complexity index is 837. The predicted molar refractivity (Wildman–Crippen MR) is 106 cm³/mol. The monoisotopic (exact) mass is 436 g/mol. The van der Waals surface area contributed by atoms with E-state index < -0.39 is 23.3 Å². The highest BCUT2D eigenvalue weighted by Gasteiger charge is 2.32. The quantitative estimate of drug-likeness (QED) is 0.687. The fourth-order valence-corrected chi connectivity index (χ4v) is 3.20. The molecule has 1 saturated carbocycles. The SMILES string of the molecule is CC.NC(Cc1cc(F)cc(F)c1)c1nc(C#CC2(O)CCC2)ccc1Br. The Hall–Kier alpha value is -1.81. The number of benzene rings is 1. The Kier molecular flexibility index (Phi) is 7.49. The van der Waals surface area contributed by atoms with Crippen molar-refractivity contribution in [2.75, 3.05) is 0 Å². The van der Waals surface area contributed by atoms with Crippen molar-refractivity contribution < 1.29 is 13.9 Å². The van der Waals surface area contributed by atoms with E-state index in [9.17, 15) is 13.9 Å². The van der Waals surface area contributed by atoms with Crippen LogP contribution in [0.1, 0.15) is 56.1 Å². The lowest BCUT2D eigenvalue weighted by molar-refractivity contribution is 0.0239. The van der Waals surface area contributed by atoms with Crippen LogP contribution in [0.15, 0.2) is 34.8 Å². The summed E-state index contributed by atoms with van der Waals surface area (Å²) in [4.78, 5) is 4.43. The number of aliphatic hydroxyl groups is 1. The molecule has 0 aliphatic heterocycles. The minimum atomic E-state index is -0.907. The molecular weight excluding hydrogens is 414 g/mol. The Morgan fingerprint density at radius 3 is 2.41 bits per heavy atom. The number of hydrogen-bond donors (Lipinski definition) is 2. The van der Waals surface area contributed by atoms with Crippen molar-refractivity contribution in [1.82, 2.24) is 4.98 Å². The molecular formula is C21H23BrF2N2O. The number of pyridine rings is 1. The second-order valence-corrected chi connectivity index (χ2v) is 7.14. The van der Waals surface area contributed by atoms with Crippen molar-refractivity contribution in [2.24, 2.45) is 5.73 Å². The number of rotatable bonds is 3. The number of hydrogen-bond acceptors (Lipinski definition) is 3. The Morgan fingerprint density at radius 1 is 1.22 bits per heavy atom. The van der Waals surface area contributed by atoms with Crippen LogP contribution < -0.4 is 5.73 Å². The van der Waals surface area contributed by atoms with Gasteiger partial charge < -0.3 is 10.8 Å². The average Bonchev–Trinajstić information content (AvgIpc) is 2.60. The summed E-state index contributed by atoms with van der Waals surface area (Å²) in [6.07, 6.45) is 2.56. The van der Waals surface area contributed by atoms with Crippen LogP contribution in [-0.4, -0.2) is 15.7 Å². The van der Waals surface area contributed by atoms with Crippen LogP contribution in [0.3, 0.4) is 0 Å². The van der Waals surface area contributed by atoms with Crippen molar-refractivity contribution in [3.05, 3.63) is 63.4 Å². The van der Waals surface area contributed by atoms with Crippen LogP contribution in [0.25, 0.3) is 0 Å². The smallest absolute Gasteiger partial charge is 0.126 e. The summed E-state index contributed by atoms with van der Waals surface area (Å²) in [5, 5.41) is 10.0. The van der Waals surface area contributed by atoms with Gasteiger partial charge in [0.2, 0.25) is 0 Å². The summed E-state index contributed by atoms with van der Waals surface area (Å²) in [6.45, 7) is 4.00. The predicted octanol–water partition coefficient (Wildman–Crippen LogP) is 4.66. The molecule has 3 rings (SSSR count). The van der Waals surface area contributed by atoms with E-state index in [-0.39, 0.29) is 6.42 Å². The van der Waals surface area contributed by atoms with Crippen LogP contribution in [0.2, 0.25) is 0 Å². The van der Waals surface area contributed by atoms with Gasteiger partial charge in [0.25, 0.3) is 0 Å². The molecule has 6 heteroatoms. The van der Waals surface area contributed by atoms with E-state index in [0.29, 0.717) is 34.3 Å². The van der Waals surface area contributed by atoms with Gasteiger partial charge in [-0.15, -0.1) is 0 Å². The molecule has 0 spiro atoms. The van der Waals surface area contributed by atoms with Gasteiger partial charge in [0, 0.05) is 10.5 Å². The van der Waals surface area contributed by atoms with E-state index in [4.69, 9.17) is 5.73 Å². The zero-order chi connectivity index (χ0) is 20.0. The lowest BCUT2D eigenvalue weighted by Crippen LogP contribution is -2.34. The third-order valence-corrected chi connectivity index (χ3v) is 4.88. The van der Waals surface area contributed by atoms with Gasteiger partial charge in [-0.1, -0.05) is 19.8 Å². The molecule has 0 radical (unpaired) electrons. The fraction of sp³-hybridized carbons (Fsp3) is 0.381. The van der Waals surface area contributed by atoms with E-state index in [1.807, 2.05) is 13.8 Å². The first kappa shape index (κ1) is 21.5. The molecule has 1 aliphatic carbocycles. The first-order valence-corrected chi connectivity index (χ1v) is 9.76. The largest absolute Gasteiger partial charge is 0.378 e. The molecule has 3 nitrogen and oxygen atoms in total. The maximum absolute atomic E-state index is 13.3. The van der Waals surface area contributed by atoms with E-state index >= 15 is 0 Å². The highest BCUT2D eigenvalue weighted by Crippen LogP contribution is 2.30. The maximum atomic E-state index is 13.3. The highest BCUT2D eigenvalue weighted by molar-refractivity contribution is 9.10. The van der Waals surface area contributed by atoms with E-state index in [1.165, 1.54) is 12.1 Å². The van der Waals surface area contributed by atoms with E-state index in [2.05, 4.69) is 32.8 Å². The van der Waals surface area contributed by atoms with Crippen LogP contribution in [0, 0.1) is 23.5 Å². The van der Waals surface area contributed by atoms with Crippen molar-refractivity contribution in [3.63, 3.8) is 0 Å². The molecule has 0 bridgehead atoms. The topological polar surface area (TPSA) is 59.1 Å². The Balaban J connectivity index is 0.00000126. The van der Waals surface area contributed by atoms with Crippen LogP contribution in [0.5, 0.6) is 0 Å². The molecule has 0 saturated heterocycles. The first-order chi connectivity index (χ1) is 12.8. The molecule has 0 amide bonds. The van der Waals surface area contributed by atoms with Gasteiger partial charge in [-0.25, -0.2) is 13.8 Å². The molecule has 144 valence electrons. The number of halogens is 3. The van der Waals surface area contributed by atoms with E-state index in [0.717, 1.165) is 12.5 Å². The molecule has 1 aliphatic rings. The molecule has 2 aromatic rings. The standard InChI is InChI=1S/C19H17BrF2N2O.C2H6/c20-16-3-2-15(4-7-19(25)5-1-6-19)24-18(16)17(23)10-12-8-13(21)11-14(22)9-12;1-2/h2-3,8-9,11,17,25H,1,5-6,10,23H2;1-2H3. The zero-order valence-electron chi connectivity index (χ0n) is 15.4. The van der Waals surface area contributed by atoms with Gasteiger partial charge in [-0.3, -0.25) is 0 Å². The Labute approximate surface area is 167 Å². The summed E-state index contributed by atoms with van der Waals surface area (Å²) >= 11 is 3.40. The molecule has 1 unspecified atom stereocenters. The summed E-state index contributed by atoms with van der Waals surface area (Å²) < 4.78 is 27.4. The van der Waals surface area contributed by atoms with Crippen molar-refractivity contribution in [2.45, 2.75) is 51.2 Å². The number of nitrogens with zero attached hydrogens (tertiary/aromatic N) is 1. The minimum Gasteiger partial charge on any atom is -0.378 e. The average molecular weight is 437 g/mol. The third kappa shape index (κ3) is 5.83. The highest BCUT2D eigenvalue weighted by atomic mass is 79.9. The molecule has 3 N–H and O–H groups in total. The summed E-state index contributed by atoms with van der Waals surface area (Å²) in [6, 6.07) is 6.30. The second-order valence-electron chi connectivity index (χ2n) is 6.29. The maximum Gasteiger partial charge on any atom is 0.126 e. The zero-order valence-corrected chi connectivity index (χ0v) is 17.0. The number of aromatic nitrogens is 1. The van der Waals surface area contributed by atoms with Gasteiger partial charge in [-0.05, 0) is 77.4 Å². The van der Waals surface area contributed by atoms with Gasteiger partial charge in [0.15, 0.2) is 0 Å². The summed E-state index contributed by atoms with van der Waals surface area (Å²) in [7, 11) is 0. The number of nitrogens with two attached hydrogens (primary N) is 1. The molecule has 27 heavy (non-hydrogen) atoms. The lowest BCUT2D eigenvalue weighted by atomic mass is 9.81. The molecule has 1 aromatic heterocycles. The van der Waals surface area contributed by atoms with Crippen LogP contribution in [-0.2, 0) is 6.42 Å². The van der Waals surface area contributed by atoms with Crippen molar-refractivity contribution in [1.29, 1.82) is 0 Å². The normalized spacial score (nSPS) is 15.5. The van der Waals surface area contributed by atoms with Crippen molar-refractivity contribution in [3.8, 4) is 11.8 Å².